The summed E-state index contributed by atoms with van der Waals surface area (Å²) in [6.07, 6.45) is 2.68. The quantitative estimate of drug-likeness (QED) is 0.482. The smallest absolute Gasteiger partial charge is 0.126 e. The lowest BCUT2D eigenvalue weighted by atomic mass is 9.76. The number of nitrogens with zero attached hydrogens (tertiary/aromatic N) is 1. The number of ether oxygens (including phenoxy) is 1. The molecule has 0 saturated carbocycles. The third-order valence-corrected chi connectivity index (χ3v) is 7.58. The Balaban J connectivity index is 1.39. The summed E-state index contributed by atoms with van der Waals surface area (Å²) in [6, 6.07) is 21.8. The molecule has 0 spiro atoms. The molecule has 5 heteroatoms. The van der Waals surface area contributed by atoms with Crippen LogP contribution >= 0.6 is 11.8 Å². The molecule has 1 fully saturated rings. The Labute approximate surface area is 193 Å². The van der Waals surface area contributed by atoms with Gasteiger partial charge in [0.05, 0.1) is 6.61 Å². The van der Waals surface area contributed by atoms with Gasteiger partial charge >= 0.3 is 0 Å². The van der Waals surface area contributed by atoms with Crippen molar-refractivity contribution in [3.8, 4) is 17.2 Å². The topological polar surface area (TPSA) is 52.9 Å². The lowest BCUT2D eigenvalue weighted by molar-refractivity contribution is 0.247. The number of fused-ring (bicyclic) bond motifs is 1. The van der Waals surface area contributed by atoms with Crippen LogP contribution in [0.2, 0.25) is 0 Å². The second-order valence-corrected chi connectivity index (χ2v) is 9.84. The molecule has 0 unspecified atom stereocenters. The van der Waals surface area contributed by atoms with Crippen molar-refractivity contribution in [2.45, 2.75) is 29.6 Å². The molecule has 2 N–H and O–H groups in total. The number of likely N-dealkylation sites (tertiary alicyclic amines) is 1. The molecule has 0 radical (unpaired) electrons. The van der Waals surface area contributed by atoms with Crippen LogP contribution in [-0.2, 0) is 0 Å². The summed E-state index contributed by atoms with van der Waals surface area (Å²) < 4.78 is 6.05. The molecular weight excluding hydrogens is 418 g/mol. The Morgan fingerprint density at radius 3 is 2.28 bits per heavy atom. The summed E-state index contributed by atoms with van der Waals surface area (Å²) in [5, 5.41) is 19.7. The third-order valence-electron chi connectivity index (χ3n) is 6.59. The molecule has 2 heterocycles. The highest BCUT2D eigenvalue weighted by molar-refractivity contribution is 7.99. The molecule has 32 heavy (non-hydrogen) atoms. The van der Waals surface area contributed by atoms with Gasteiger partial charge in [-0.3, -0.25) is 0 Å². The van der Waals surface area contributed by atoms with E-state index in [9.17, 15) is 10.2 Å². The van der Waals surface area contributed by atoms with Crippen LogP contribution in [0.5, 0.6) is 17.2 Å². The fourth-order valence-electron chi connectivity index (χ4n) is 4.89. The van der Waals surface area contributed by atoms with Crippen molar-refractivity contribution in [2.75, 3.05) is 32.0 Å². The summed E-state index contributed by atoms with van der Waals surface area (Å²) in [4.78, 5) is 3.85. The van der Waals surface area contributed by atoms with Gasteiger partial charge in [-0.25, -0.2) is 0 Å². The Morgan fingerprint density at radius 1 is 0.844 bits per heavy atom. The van der Waals surface area contributed by atoms with Crippen LogP contribution < -0.4 is 4.74 Å². The molecule has 2 atom stereocenters. The van der Waals surface area contributed by atoms with Gasteiger partial charge in [-0.2, -0.15) is 0 Å². The first-order chi connectivity index (χ1) is 15.7. The predicted octanol–water partition coefficient (Wildman–Crippen LogP) is 5.59. The summed E-state index contributed by atoms with van der Waals surface area (Å²) in [7, 11) is 0. The summed E-state index contributed by atoms with van der Waals surface area (Å²) in [5.74, 6) is 2.59. The molecule has 0 aliphatic carbocycles. The summed E-state index contributed by atoms with van der Waals surface area (Å²) in [5.41, 5.74) is 3.46. The van der Waals surface area contributed by atoms with Crippen molar-refractivity contribution >= 4 is 11.8 Å². The standard InChI is InChI=1S/C27H29NO3S/c29-21-7-3-19(4-8-21)25-18-31-26-17-22(30)9-12-24(26)27(25)20-5-10-23(11-6-20)32-16-15-28-13-1-2-14-28/h3-12,17,25,27,29-30H,1-2,13-16,18H2/t25-,27-/m1/s1. The Kier molecular flexibility index (Phi) is 6.28. The van der Waals surface area contributed by atoms with Gasteiger partial charge in [0.25, 0.3) is 0 Å². The molecule has 4 nitrogen and oxygen atoms in total. The van der Waals surface area contributed by atoms with E-state index >= 15 is 0 Å². The molecule has 0 amide bonds. The highest BCUT2D eigenvalue weighted by Crippen LogP contribution is 2.47. The fourth-order valence-corrected chi connectivity index (χ4v) is 5.80. The van der Waals surface area contributed by atoms with Crippen molar-refractivity contribution in [1.82, 2.24) is 4.90 Å². The van der Waals surface area contributed by atoms with Crippen molar-refractivity contribution in [3.05, 3.63) is 83.4 Å². The summed E-state index contributed by atoms with van der Waals surface area (Å²) in [6.45, 7) is 4.18. The van der Waals surface area contributed by atoms with Gasteiger partial charge in [0.15, 0.2) is 0 Å². The minimum absolute atomic E-state index is 0.118. The van der Waals surface area contributed by atoms with Crippen molar-refractivity contribution in [3.63, 3.8) is 0 Å². The lowest BCUT2D eigenvalue weighted by Gasteiger charge is -2.34. The minimum atomic E-state index is 0.118. The third kappa shape index (κ3) is 4.59. The zero-order chi connectivity index (χ0) is 21.9. The highest BCUT2D eigenvalue weighted by atomic mass is 32.2. The van der Waals surface area contributed by atoms with Crippen LogP contribution in [0, 0.1) is 0 Å². The second kappa shape index (κ2) is 9.47. The van der Waals surface area contributed by atoms with E-state index in [1.807, 2.05) is 30.0 Å². The van der Waals surface area contributed by atoms with Crippen LogP contribution in [0.15, 0.2) is 71.6 Å². The Morgan fingerprint density at radius 2 is 1.53 bits per heavy atom. The molecule has 3 aromatic carbocycles. The zero-order valence-electron chi connectivity index (χ0n) is 18.1. The van der Waals surface area contributed by atoms with E-state index in [1.165, 1.54) is 36.4 Å². The molecular formula is C27H29NO3S. The number of hydrogen-bond donors (Lipinski definition) is 2. The van der Waals surface area contributed by atoms with Gasteiger partial charge in [0.1, 0.15) is 17.2 Å². The number of thioether (sulfide) groups is 1. The highest BCUT2D eigenvalue weighted by Gasteiger charge is 2.33. The fraction of sp³-hybridized carbons (Fsp3) is 0.333. The van der Waals surface area contributed by atoms with Crippen LogP contribution in [-0.4, -0.2) is 47.1 Å². The van der Waals surface area contributed by atoms with Crippen LogP contribution in [0.1, 0.15) is 41.4 Å². The SMILES string of the molecule is Oc1ccc([C@H]2COc3cc(O)ccc3[C@H]2c2ccc(SCCN3CCCC3)cc2)cc1. The average Bonchev–Trinajstić information content (AvgIpc) is 3.33. The first-order valence-electron chi connectivity index (χ1n) is 11.4. The normalized spacial score (nSPS) is 20.6. The maximum atomic E-state index is 9.94. The molecule has 3 aromatic rings. The van der Waals surface area contributed by atoms with Gasteiger partial charge in [-0.05, 0) is 67.4 Å². The maximum Gasteiger partial charge on any atom is 0.126 e. The van der Waals surface area contributed by atoms with E-state index < -0.39 is 0 Å². The summed E-state index contributed by atoms with van der Waals surface area (Å²) >= 11 is 1.92. The predicted molar refractivity (Wildman–Crippen MR) is 129 cm³/mol. The molecule has 2 aliphatic heterocycles. The Hall–Kier alpha value is -2.63. The van der Waals surface area contributed by atoms with Crippen molar-refractivity contribution in [1.29, 1.82) is 0 Å². The Bertz CT molecular complexity index is 1050. The molecule has 0 bridgehead atoms. The maximum absolute atomic E-state index is 9.94. The number of phenols is 2. The minimum Gasteiger partial charge on any atom is -0.508 e. The molecule has 0 aromatic heterocycles. The zero-order valence-corrected chi connectivity index (χ0v) is 18.9. The number of hydrogen-bond acceptors (Lipinski definition) is 5. The number of rotatable bonds is 6. The van der Waals surface area contributed by atoms with Gasteiger partial charge in [-0.15, -0.1) is 11.8 Å². The first-order valence-corrected chi connectivity index (χ1v) is 12.4. The number of phenolic OH excluding ortho intramolecular Hbond substituents is 2. The van der Waals surface area contributed by atoms with E-state index in [2.05, 4.69) is 29.2 Å². The van der Waals surface area contributed by atoms with Crippen molar-refractivity contribution in [2.24, 2.45) is 0 Å². The van der Waals surface area contributed by atoms with E-state index in [-0.39, 0.29) is 23.3 Å². The van der Waals surface area contributed by atoms with Crippen LogP contribution in [0.3, 0.4) is 0 Å². The van der Waals surface area contributed by atoms with Gasteiger partial charge in [0.2, 0.25) is 0 Å². The molecule has 166 valence electrons. The van der Waals surface area contributed by atoms with Gasteiger partial charge in [0, 0.05) is 40.7 Å². The molecule has 2 aliphatic rings. The van der Waals surface area contributed by atoms with E-state index in [0.717, 1.165) is 29.2 Å². The molecule has 5 rings (SSSR count). The monoisotopic (exact) mass is 447 g/mol. The molecule has 1 saturated heterocycles. The largest absolute Gasteiger partial charge is 0.508 e. The van der Waals surface area contributed by atoms with E-state index in [4.69, 9.17) is 4.74 Å². The van der Waals surface area contributed by atoms with Gasteiger partial charge < -0.3 is 19.8 Å². The van der Waals surface area contributed by atoms with Crippen molar-refractivity contribution < 1.29 is 14.9 Å². The van der Waals surface area contributed by atoms with Crippen LogP contribution in [0.4, 0.5) is 0 Å². The average molecular weight is 448 g/mol. The van der Waals surface area contributed by atoms with E-state index in [0.29, 0.717) is 6.61 Å². The lowest BCUT2D eigenvalue weighted by Crippen LogP contribution is -2.25. The van der Waals surface area contributed by atoms with Crippen LogP contribution in [0.25, 0.3) is 0 Å². The first kappa shape index (κ1) is 21.2. The van der Waals surface area contributed by atoms with E-state index in [1.54, 1.807) is 24.3 Å². The second-order valence-electron chi connectivity index (χ2n) is 8.68. The van der Waals surface area contributed by atoms with Gasteiger partial charge in [-0.1, -0.05) is 30.3 Å². The number of aromatic hydroxyl groups is 2. The number of benzene rings is 3.